The Bertz CT molecular complexity index is 134. The van der Waals surface area contributed by atoms with Crippen molar-refractivity contribution >= 4 is 6.29 Å². The predicted octanol–water partition coefficient (Wildman–Crippen LogP) is 0.758. The van der Waals surface area contributed by atoms with Crippen LogP contribution in [-0.4, -0.2) is 33.1 Å². The van der Waals surface area contributed by atoms with Crippen LogP contribution in [0.5, 0.6) is 0 Å². The van der Waals surface area contributed by atoms with Gasteiger partial charge in [0.15, 0.2) is 0 Å². The molecule has 0 fully saturated rings. The molecule has 0 saturated heterocycles. The molecule has 0 aliphatic carbocycles. The highest BCUT2D eigenvalue weighted by atomic mass is 16.5. The molecule has 0 atom stereocenters. The van der Waals surface area contributed by atoms with E-state index in [1.807, 2.05) is 7.05 Å². The SMILES string of the molecule is C=C(C=O)COCCCCNC. The summed E-state index contributed by atoms with van der Waals surface area (Å²) in [7, 11) is 1.93. The number of ether oxygens (including phenoxy) is 1. The fourth-order valence-electron chi connectivity index (χ4n) is 0.743. The second kappa shape index (κ2) is 8.43. The third-order valence-electron chi connectivity index (χ3n) is 1.42. The first-order valence-corrected chi connectivity index (χ1v) is 4.16. The largest absolute Gasteiger partial charge is 0.377 e. The Hall–Kier alpha value is -0.670. The van der Waals surface area contributed by atoms with Gasteiger partial charge in [-0.2, -0.15) is 0 Å². The van der Waals surface area contributed by atoms with Gasteiger partial charge in [-0.15, -0.1) is 0 Å². The number of hydrogen-bond donors (Lipinski definition) is 1. The van der Waals surface area contributed by atoms with Gasteiger partial charge in [-0.3, -0.25) is 4.79 Å². The number of nitrogens with one attached hydrogen (secondary N) is 1. The number of aldehydes is 1. The predicted molar refractivity (Wildman–Crippen MR) is 49.2 cm³/mol. The van der Waals surface area contributed by atoms with Crippen LogP contribution in [-0.2, 0) is 9.53 Å². The first kappa shape index (κ1) is 11.3. The monoisotopic (exact) mass is 171 g/mol. The molecule has 0 heterocycles. The van der Waals surface area contributed by atoms with E-state index in [0.717, 1.165) is 25.7 Å². The molecule has 0 aromatic carbocycles. The fourth-order valence-corrected chi connectivity index (χ4v) is 0.743. The normalized spacial score (nSPS) is 9.75. The maximum Gasteiger partial charge on any atom is 0.147 e. The smallest absolute Gasteiger partial charge is 0.147 e. The van der Waals surface area contributed by atoms with Gasteiger partial charge in [-0.1, -0.05) is 6.58 Å². The third kappa shape index (κ3) is 7.44. The molecule has 0 aromatic heterocycles. The molecule has 0 unspecified atom stereocenters. The summed E-state index contributed by atoms with van der Waals surface area (Å²) in [6, 6.07) is 0. The third-order valence-corrected chi connectivity index (χ3v) is 1.42. The summed E-state index contributed by atoms with van der Waals surface area (Å²) in [5.41, 5.74) is 0.503. The van der Waals surface area contributed by atoms with Gasteiger partial charge in [0.1, 0.15) is 6.29 Å². The lowest BCUT2D eigenvalue weighted by molar-refractivity contribution is -0.105. The van der Waals surface area contributed by atoms with E-state index >= 15 is 0 Å². The minimum atomic E-state index is 0.364. The zero-order chi connectivity index (χ0) is 9.23. The van der Waals surface area contributed by atoms with Crippen molar-refractivity contribution in [2.24, 2.45) is 0 Å². The van der Waals surface area contributed by atoms with Crippen molar-refractivity contribution in [3.8, 4) is 0 Å². The highest BCUT2D eigenvalue weighted by Crippen LogP contribution is 1.91. The van der Waals surface area contributed by atoms with Crippen molar-refractivity contribution in [2.45, 2.75) is 12.8 Å². The molecule has 70 valence electrons. The van der Waals surface area contributed by atoms with E-state index in [1.165, 1.54) is 0 Å². The zero-order valence-electron chi connectivity index (χ0n) is 7.64. The Morgan fingerprint density at radius 3 is 2.92 bits per heavy atom. The van der Waals surface area contributed by atoms with Crippen LogP contribution >= 0.6 is 0 Å². The summed E-state index contributed by atoms with van der Waals surface area (Å²) in [6.07, 6.45) is 2.85. The highest BCUT2D eigenvalue weighted by molar-refractivity contribution is 5.72. The van der Waals surface area contributed by atoms with Gasteiger partial charge in [0.05, 0.1) is 6.61 Å². The van der Waals surface area contributed by atoms with E-state index in [4.69, 9.17) is 4.74 Å². The van der Waals surface area contributed by atoms with Crippen molar-refractivity contribution in [3.63, 3.8) is 0 Å². The van der Waals surface area contributed by atoms with E-state index < -0.39 is 0 Å². The summed E-state index contributed by atoms with van der Waals surface area (Å²) < 4.78 is 5.17. The van der Waals surface area contributed by atoms with E-state index in [-0.39, 0.29) is 0 Å². The molecule has 0 aliphatic rings. The Labute approximate surface area is 73.8 Å². The summed E-state index contributed by atoms with van der Waals surface area (Å²) in [5.74, 6) is 0. The molecule has 12 heavy (non-hydrogen) atoms. The van der Waals surface area contributed by atoms with Crippen molar-refractivity contribution in [1.29, 1.82) is 0 Å². The number of carbonyl (C=O) groups is 1. The van der Waals surface area contributed by atoms with Crippen LogP contribution in [0.4, 0.5) is 0 Å². The molecule has 3 nitrogen and oxygen atoms in total. The maximum atomic E-state index is 10.1. The fraction of sp³-hybridized carbons (Fsp3) is 0.667. The Kier molecular flexibility index (Phi) is 7.96. The molecule has 0 amide bonds. The molecule has 0 bridgehead atoms. The number of carbonyl (C=O) groups excluding carboxylic acids is 1. The van der Waals surface area contributed by atoms with E-state index in [1.54, 1.807) is 0 Å². The van der Waals surface area contributed by atoms with Gasteiger partial charge in [-0.05, 0) is 26.4 Å². The molecular weight excluding hydrogens is 154 g/mol. The zero-order valence-corrected chi connectivity index (χ0v) is 7.64. The van der Waals surface area contributed by atoms with Gasteiger partial charge >= 0.3 is 0 Å². The Morgan fingerprint density at radius 2 is 2.33 bits per heavy atom. The number of hydrogen-bond acceptors (Lipinski definition) is 3. The van der Waals surface area contributed by atoms with Crippen molar-refractivity contribution in [3.05, 3.63) is 12.2 Å². The van der Waals surface area contributed by atoms with Crippen LogP contribution in [0, 0.1) is 0 Å². The summed E-state index contributed by atoms with van der Waals surface area (Å²) in [5, 5.41) is 3.05. The van der Waals surface area contributed by atoms with Crippen LogP contribution in [0.25, 0.3) is 0 Å². The van der Waals surface area contributed by atoms with Crippen molar-refractivity contribution in [1.82, 2.24) is 5.32 Å². The molecule has 0 saturated carbocycles. The average molecular weight is 171 g/mol. The second-order valence-electron chi connectivity index (χ2n) is 2.64. The molecule has 0 spiro atoms. The maximum absolute atomic E-state index is 10.1. The first-order chi connectivity index (χ1) is 5.81. The van der Waals surface area contributed by atoms with E-state index in [2.05, 4.69) is 11.9 Å². The summed E-state index contributed by atoms with van der Waals surface area (Å²) in [4.78, 5) is 10.1. The summed E-state index contributed by atoms with van der Waals surface area (Å²) in [6.45, 7) is 5.58. The highest BCUT2D eigenvalue weighted by Gasteiger charge is 1.91. The lowest BCUT2D eigenvalue weighted by atomic mass is 10.3. The second-order valence-corrected chi connectivity index (χ2v) is 2.64. The molecule has 3 heteroatoms. The Morgan fingerprint density at radius 1 is 1.58 bits per heavy atom. The van der Waals surface area contributed by atoms with Crippen LogP contribution in [0.3, 0.4) is 0 Å². The molecule has 0 radical (unpaired) electrons. The van der Waals surface area contributed by atoms with Crippen LogP contribution < -0.4 is 5.32 Å². The minimum Gasteiger partial charge on any atom is -0.377 e. The van der Waals surface area contributed by atoms with Crippen molar-refractivity contribution < 1.29 is 9.53 Å². The van der Waals surface area contributed by atoms with Crippen LogP contribution in [0.1, 0.15) is 12.8 Å². The Balaban J connectivity index is 3.00. The number of unbranched alkanes of at least 4 members (excludes halogenated alkanes) is 1. The lowest BCUT2D eigenvalue weighted by Crippen LogP contribution is -2.09. The lowest BCUT2D eigenvalue weighted by Gasteiger charge is -2.02. The van der Waals surface area contributed by atoms with Gasteiger partial charge in [-0.25, -0.2) is 0 Å². The van der Waals surface area contributed by atoms with E-state index in [0.29, 0.717) is 18.8 Å². The average Bonchev–Trinajstić information content (AvgIpc) is 2.10. The standard InChI is InChI=1S/C9H17NO2/c1-9(7-11)8-12-6-4-3-5-10-2/h7,10H,1,3-6,8H2,2H3. The molecule has 0 rings (SSSR count). The molecule has 1 N–H and O–H groups in total. The summed E-state index contributed by atoms with van der Waals surface area (Å²) >= 11 is 0. The number of rotatable bonds is 8. The van der Waals surface area contributed by atoms with Crippen LogP contribution in [0.2, 0.25) is 0 Å². The quantitative estimate of drug-likeness (QED) is 0.333. The van der Waals surface area contributed by atoms with Gasteiger partial charge in [0.2, 0.25) is 0 Å². The van der Waals surface area contributed by atoms with Crippen molar-refractivity contribution in [2.75, 3.05) is 26.8 Å². The van der Waals surface area contributed by atoms with Crippen LogP contribution in [0.15, 0.2) is 12.2 Å². The first-order valence-electron chi connectivity index (χ1n) is 4.16. The molecule has 0 aliphatic heterocycles. The van der Waals surface area contributed by atoms with Gasteiger partial charge in [0.25, 0.3) is 0 Å². The van der Waals surface area contributed by atoms with Gasteiger partial charge in [0, 0.05) is 12.2 Å². The van der Waals surface area contributed by atoms with Gasteiger partial charge < -0.3 is 10.1 Å². The van der Waals surface area contributed by atoms with E-state index in [9.17, 15) is 4.79 Å². The molecule has 0 aromatic rings. The minimum absolute atomic E-state index is 0.364. The molecular formula is C9H17NO2. The topological polar surface area (TPSA) is 38.3 Å².